The Morgan fingerprint density at radius 3 is 2.58 bits per heavy atom. The van der Waals surface area contributed by atoms with Crippen LogP contribution in [0.25, 0.3) is 6.08 Å². The first-order valence-corrected chi connectivity index (χ1v) is 9.26. The lowest BCUT2D eigenvalue weighted by Crippen LogP contribution is -2.31. The second-order valence-electron chi connectivity index (χ2n) is 6.83. The fourth-order valence-electron chi connectivity index (χ4n) is 3.63. The molecule has 1 aromatic carbocycles. The van der Waals surface area contributed by atoms with Gasteiger partial charge in [-0.2, -0.15) is 5.10 Å². The summed E-state index contributed by atoms with van der Waals surface area (Å²) in [5.41, 5.74) is 2.45. The number of nitrogens with zero attached hydrogens (tertiary/aromatic N) is 2. The molecular weight excluding hydrogens is 353 g/mol. The van der Waals surface area contributed by atoms with E-state index < -0.39 is 0 Å². The summed E-state index contributed by atoms with van der Waals surface area (Å²) in [7, 11) is 1.76. The molecular formula is C20H23ClFN3O. The average Bonchev–Trinajstić information content (AvgIpc) is 3.22. The third-order valence-corrected chi connectivity index (χ3v) is 5.44. The molecule has 138 valence electrons. The molecule has 3 rings (SSSR count). The zero-order chi connectivity index (χ0) is 18.7. The van der Waals surface area contributed by atoms with Crippen LogP contribution in [-0.2, 0) is 11.8 Å². The van der Waals surface area contributed by atoms with Crippen molar-refractivity contribution in [3.8, 4) is 0 Å². The van der Waals surface area contributed by atoms with Gasteiger partial charge in [-0.3, -0.25) is 9.48 Å². The molecule has 0 saturated heterocycles. The number of hydrogen-bond acceptors (Lipinski definition) is 2. The molecule has 1 aliphatic carbocycles. The normalized spacial score (nSPS) is 16.3. The maximum Gasteiger partial charge on any atom is 0.244 e. The van der Waals surface area contributed by atoms with E-state index in [-0.39, 0.29) is 17.8 Å². The van der Waals surface area contributed by atoms with Crippen LogP contribution in [-0.4, -0.2) is 15.7 Å². The van der Waals surface area contributed by atoms with Gasteiger partial charge in [-0.25, -0.2) is 4.39 Å². The maximum absolute atomic E-state index is 13.3. The lowest BCUT2D eigenvalue weighted by molar-refractivity contribution is -0.117. The van der Waals surface area contributed by atoms with Gasteiger partial charge in [0.05, 0.1) is 11.7 Å². The molecule has 0 bridgehead atoms. The number of aryl methyl sites for hydroxylation is 2. The van der Waals surface area contributed by atoms with Crippen molar-refractivity contribution in [1.29, 1.82) is 0 Å². The number of benzene rings is 1. The van der Waals surface area contributed by atoms with Crippen molar-refractivity contribution >= 4 is 23.6 Å². The molecule has 1 aliphatic rings. The number of carbonyl (C=O) groups excluding carboxylic acids is 1. The Morgan fingerprint density at radius 2 is 2.00 bits per heavy atom. The van der Waals surface area contributed by atoms with Gasteiger partial charge in [0.25, 0.3) is 0 Å². The first-order valence-electron chi connectivity index (χ1n) is 8.89. The topological polar surface area (TPSA) is 46.9 Å². The van der Waals surface area contributed by atoms with Crippen LogP contribution in [0.4, 0.5) is 4.39 Å². The van der Waals surface area contributed by atoms with Gasteiger partial charge in [0.15, 0.2) is 0 Å². The lowest BCUT2D eigenvalue weighted by atomic mass is 9.91. The maximum atomic E-state index is 13.3. The minimum Gasteiger partial charge on any atom is -0.345 e. The van der Waals surface area contributed by atoms with Crippen molar-refractivity contribution in [2.24, 2.45) is 13.0 Å². The summed E-state index contributed by atoms with van der Waals surface area (Å²) in [5.74, 6) is -0.0843. The summed E-state index contributed by atoms with van der Waals surface area (Å²) >= 11 is 6.20. The Morgan fingerprint density at radius 1 is 1.35 bits per heavy atom. The quantitative estimate of drug-likeness (QED) is 0.777. The Labute approximate surface area is 158 Å². The van der Waals surface area contributed by atoms with Crippen molar-refractivity contribution in [3.05, 3.63) is 58.1 Å². The lowest BCUT2D eigenvalue weighted by Gasteiger charge is -2.24. The molecule has 1 N–H and O–H groups in total. The number of amides is 1. The third-order valence-electron chi connectivity index (χ3n) is 5.00. The van der Waals surface area contributed by atoms with Gasteiger partial charge in [-0.05, 0) is 49.5 Å². The fraction of sp³-hybridized carbons (Fsp3) is 0.400. The monoisotopic (exact) mass is 375 g/mol. The van der Waals surface area contributed by atoms with Gasteiger partial charge in [0, 0.05) is 18.7 Å². The highest BCUT2D eigenvalue weighted by Gasteiger charge is 2.27. The Balaban J connectivity index is 1.76. The standard InChI is InChI=1S/C20H23ClFN3O/c1-13-17(20(21)25(2)24-13)11-12-18(26)23-19(14-5-3-4-6-14)15-7-9-16(22)10-8-15/h7-12,14,19H,3-6H2,1-2H3,(H,23,26)/b12-11-/t19-/m1/s1. The van der Waals surface area contributed by atoms with Crippen LogP contribution in [0.3, 0.4) is 0 Å². The molecule has 0 unspecified atom stereocenters. The van der Waals surface area contributed by atoms with Gasteiger partial charge < -0.3 is 5.32 Å². The van der Waals surface area contributed by atoms with E-state index >= 15 is 0 Å². The minimum atomic E-state index is -0.271. The smallest absolute Gasteiger partial charge is 0.244 e. The molecule has 0 spiro atoms. The van der Waals surface area contributed by atoms with Gasteiger partial charge in [0.2, 0.25) is 5.91 Å². The molecule has 1 aromatic heterocycles. The second kappa shape index (κ2) is 8.04. The van der Waals surface area contributed by atoms with Gasteiger partial charge in [-0.15, -0.1) is 0 Å². The number of hydrogen-bond donors (Lipinski definition) is 1. The van der Waals surface area contributed by atoms with E-state index in [0.29, 0.717) is 11.1 Å². The van der Waals surface area contributed by atoms with E-state index in [1.165, 1.54) is 31.1 Å². The number of nitrogens with one attached hydrogen (secondary N) is 1. The Bertz CT molecular complexity index is 807. The summed E-state index contributed by atoms with van der Waals surface area (Å²) in [5, 5.41) is 7.82. The molecule has 0 aliphatic heterocycles. The highest BCUT2D eigenvalue weighted by atomic mass is 35.5. The molecule has 1 fully saturated rings. The highest BCUT2D eigenvalue weighted by Crippen LogP contribution is 2.35. The molecule has 1 amide bonds. The molecule has 6 heteroatoms. The van der Waals surface area contributed by atoms with E-state index in [2.05, 4.69) is 10.4 Å². The van der Waals surface area contributed by atoms with Gasteiger partial charge >= 0.3 is 0 Å². The molecule has 0 radical (unpaired) electrons. The summed E-state index contributed by atoms with van der Waals surface area (Å²) in [6, 6.07) is 6.28. The molecule has 1 heterocycles. The highest BCUT2D eigenvalue weighted by molar-refractivity contribution is 6.31. The summed E-state index contributed by atoms with van der Waals surface area (Å²) in [6.07, 6.45) is 7.65. The van der Waals surface area contributed by atoms with Crippen LogP contribution >= 0.6 is 11.6 Å². The number of carbonyl (C=O) groups is 1. The third kappa shape index (κ3) is 4.15. The van der Waals surface area contributed by atoms with Crippen molar-refractivity contribution < 1.29 is 9.18 Å². The Hall–Kier alpha value is -2.14. The van der Waals surface area contributed by atoms with Crippen LogP contribution < -0.4 is 5.32 Å². The van der Waals surface area contributed by atoms with Crippen molar-refractivity contribution in [2.75, 3.05) is 0 Å². The number of halogens is 2. The van der Waals surface area contributed by atoms with E-state index in [9.17, 15) is 9.18 Å². The second-order valence-corrected chi connectivity index (χ2v) is 7.19. The van der Waals surface area contributed by atoms with Crippen molar-refractivity contribution in [2.45, 2.75) is 38.6 Å². The Kier molecular flexibility index (Phi) is 5.77. The predicted molar refractivity (Wildman–Crippen MR) is 101 cm³/mol. The van der Waals surface area contributed by atoms with E-state index in [1.807, 2.05) is 6.92 Å². The number of rotatable bonds is 5. The SMILES string of the molecule is Cc1nn(C)c(Cl)c1/C=C\C(=O)N[C@@H](c1ccc(F)cc1)C1CCCC1. The summed E-state index contributed by atoms with van der Waals surface area (Å²) in [6.45, 7) is 1.85. The predicted octanol–water partition coefficient (Wildman–Crippen LogP) is 4.58. The number of aromatic nitrogens is 2. The average molecular weight is 376 g/mol. The van der Waals surface area contributed by atoms with Crippen LogP contribution in [0.15, 0.2) is 30.3 Å². The summed E-state index contributed by atoms with van der Waals surface area (Å²) < 4.78 is 14.8. The molecule has 4 nitrogen and oxygen atoms in total. The zero-order valence-corrected chi connectivity index (χ0v) is 15.8. The van der Waals surface area contributed by atoms with Crippen LogP contribution in [0.5, 0.6) is 0 Å². The van der Waals surface area contributed by atoms with Gasteiger partial charge in [-0.1, -0.05) is 36.6 Å². The van der Waals surface area contributed by atoms with Crippen LogP contribution in [0, 0.1) is 18.7 Å². The van der Waals surface area contributed by atoms with Crippen LogP contribution in [0.1, 0.15) is 48.5 Å². The van der Waals surface area contributed by atoms with E-state index in [0.717, 1.165) is 29.7 Å². The molecule has 2 aromatic rings. The molecule has 1 atom stereocenters. The first kappa shape index (κ1) is 18.6. The minimum absolute atomic E-state index is 0.110. The fourth-order valence-corrected chi connectivity index (χ4v) is 3.87. The van der Waals surface area contributed by atoms with Gasteiger partial charge in [0.1, 0.15) is 11.0 Å². The van der Waals surface area contributed by atoms with Crippen LogP contribution in [0.2, 0.25) is 5.15 Å². The molecule has 26 heavy (non-hydrogen) atoms. The largest absolute Gasteiger partial charge is 0.345 e. The summed E-state index contributed by atoms with van der Waals surface area (Å²) in [4.78, 5) is 12.5. The van der Waals surface area contributed by atoms with Crippen molar-refractivity contribution in [1.82, 2.24) is 15.1 Å². The van der Waals surface area contributed by atoms with E-state index in [4.69, 9.17) is 11.6 Å². The van der Waals surface area contributed by atoms with Crippen molar-refractivity contribution in [3.63, 3.8) is 0 Å². The molecule has 1 saturated carbocycles. The first-order chi connectivity index (χ1) is 12.5. The zero-order valence-electron chi connectivity index (χ0n) is 15.0. The van der Waals surface area contributed by atoms with E-state index in [1.54, 1.807) is 29.9 Å².